The van der Waals surface area contributed by atoms with E-state index in [1.807, 2.05) is 26.2 Å². The SMILES string of the molecule is CCOC(=O)C(N)Cc1ccc(CN(C)C)cc1. The Balaban J connectivity index is 2.55. The van der Waals surface area contributed by atoms with Crippen molar-refractivity contribution in [3.63, 3.8) is 0 Å². The maximum Gasteiger partial charge on any atom is 0.323 e. The molecule has 1 aromatic carbocycles. The lowest BCUT2D eigenvalue weighted by molar-refractivity contribution is -0.144. The quantitative estimate of drug-likeness (QED) is 0.770. The highest BCUT2D eigenvalue weighted by Gasteiger charge is 2.14. The fourth-order valence-corrected chi connectivity index (χ4v) is 1.73. The first-order chi connectivity index (χ1) is 8.52. The molecule has 2 N–H and O–H groups in total. The van der Waals surface area contributed by atoms with Crippen molar-refractivity contribution in [2.75, 3.05) is 20.7 Å². The van der Waals surface area contributed by atoms with Crippen LogP contribution in [-0.2, 0) is 22.5 Å². The summed E-state index contributed by atoms with van der Waals surface area (Å²) in [6.45, 7) is 3.05. The molecule has 0 aliphatic carbocycles. The van der Waals surface area contributed by atoms with Crippen LogP contribution in [0, 0.1) is 0 Å². The van der Waals surface area contributed by atoms with Crippen molar-refractivity contribution in [2.24, 2.45) is 5.73 Å². The molecule has 1 atom stereocenters. The van der Waals surface area contributed by atoms with Gasteiger partial charge < -0.3 is 15.4 Å². The summed E-state index contributed by atoms with van der Waals surface area (Å²) in [7, 11) is 4.06. The van der Waals surface area contributed by atoms with E-state index in [1.54, 1.807) is 6.92 Å². The van der Waals surface area contributed by atoms with Crippen LogP contribution in [0.15, 0.2) is 24.3 Å². The van der Waals surface area contributed by atoms with Crippen LogP contribution < -0.4 is 5.73 Å². The van der Waals surface area contributed by atoms with Crippen molar-refractivity contribution in [2.45, 2.75) is 25.9 Å². The van der Waals surface area contributed by atoms with E-state index in [9.17, 15) is 4.79 Å². The van der Waals surface area contributed by atoms with E-state index >= 15 is 0 Å². The molecule has 100 valence electrons. The Hall–Kier alpha value is -1.39. The molecule has 0 heterocycles. The van der Waals surface area contributed by atoms with Crippen molar-refractivity contribution < 1.29 is 9.53 Å². The monoisotopic (exact) mass is 250 g/mol. The third kappa shape index (κ3) is 4.85. The van der Waals surface area contributed by atoms with Crippen LogP contribution in [0.5, 0.6) is 0 Å². The summed E-state index contributed by atoms with van der Waals surface area (Å²) in [5.41, 5.74) is 8.07. The third-order valence-corrected chi connectivity index (χ3v) is 2.57. The van der Waals surface area contributed by atoms with Crippen LogP contribution in [0.1, 0.15) is 18.1 Å². The summed E-state index contributed by atoms with van der Waals surface area (Å²) in [6, 6.07) is 7.57. The van der Waals surface area contributed by atoms with Crippen LogP contribution in [0.25, 0.3) is 0 Å². The number of carbonyl (C=O) groups is 1. The minimum atomic E-state index is -0.579. The molecule has 4 nitrogen and oxygen atoms in total. The average Bonchev–Trinajstić information content (AvgIpc) is 2.31. The summed E-state index contributed by atoms with van der Waals surface area (Å²) in [4.78, 5) is 13.5. The molecular weight excluding hydrogens is 228 g/mol. The zero-order valence-electron chi connectivity index (χ0n) is 11.3. The maximum absolute atomic E-state index is 11.4. The molecule has 1 unspecified atom stereocenters. The molecule has 1 aromatic rings. The van der Waals surface area contributed by atoms with Crippen molar-refractivity contribution in [1.29, 1.82) is 0 Å². The van der Waals surface area contributed by atoms with Gasteiger partial charge in [-0.1, -0.05) is 24.3 Å². The maximum atomic E-state index is 11.4. The van der Waals surface area contributed by atoms with E-state index in [0.717, 1.165) is 12.1 Å². The van der Waals surface area contributed by atoms with Crippen LogP contribution in [0.3, 0.4) is 0 Å². The number of nitrogens with zero attached hydrogens (tertiary/aromatic N) is 1. The minimum absolute atomic E-state index is 0.338. The topological polar surface area (TPSA) is 55.6 Å². The second kappa shape index (κ2) is 7.13. The highest BCUT2D eigenvalue weighted by molar-refractivity contribution is 5.75. The van der Waals surface area contributed by atoms with Gasteiger partial charge in [0, 0.05) is 6.54 Å². The van der Waals surface area contributed by atoms with E-state index in [0.29, 0.717) is 13.0 Å². The predicted molar refractivity (Wildman–Crippen MR) is 72.1 cm³/mol. The molecule has 4 heteroatoms. The number of hydrogen-bond donors (Lipinski definition) is 1. The van der Waals surface area contributed by atoms with Gasteiger partial charge in [0.25, 0.3) is 0 Å². The molecule has 0 aliphatic rings. The normalized spacial score (nSPS) is 12.5. The molecular formula is C14H22N2O2. The van der Waals surface area contributed by atoms with Crippen molar-refractivity contribution in [1.82, 2.24) is 4.90 Å². The van der Waals surface area contributed by atoms with Gasteiger partial charge >= 0.3 is 5.97 Å². The number of esters is 1. The fraction of sp³-hybridized carbons (Fsp3) is 0.500. The lowest BCUT2D eigenvalue weighted by Gasteiger charge is -2.12. The highest BCUT2D eigenvalue weighted by Crippen LogP contribution is 2.08. The van der Waals surface area contributed by atoms with E-state index < -0.39 is 6.04 Å². The van der Waals surface area contributed by atoms with Crippen LogP contribution in [0.2, 0.25) is 0 Å². The Labute approximate surface area is 109 Å². The van der Waals surface area contributed by atoms with Gasteiger partial charge in [0.05, 0.1) is 6.61 Å². The molecule has 0 aromatic heterocycles. The number of nitrogens with two attached hydrogens (primary N) is 1. The van der Waals surface area contributed by atoms with Crippen molar-refractivity contribution >= 4 is 5.97 Å². The number of ether oxygens (including phenoxy) is 1. The zero-order chi connectivity index (χ0) is 13.5. The fourth-order valence-electron chi connectivity index (χ4n) is 1.73. The number of benzene rings is 1. The summed E-state index contributed by atoms with van der Waals surface area (Å²) < 4.78 is 4.88. The third-order valence-electron chi connectivity index (χ3n) is 2.57. The van der Waals surface area contributed by atoms with Crippen molar-refractivity contribution in [3.8, 4) is 0 Å². The van der Waals surface area contributed by atoms with Gasteiger partial charge in [-0.25, -0.2) is 0 Å². The second-order valence-electron chi connectivity index (χ2n) is 4.62. The second-order valence-corrected chi connectivity index (χ2v) is 4.62. The molecule has 0 bridgehead atoms. The number of carbonyl (C=O) groups excluding carboxylic acids is 1. The number of hydrogen-bond acceptors (Lipinski definition) is 4. The summed E-state index contributed by atoms with van der Waals surface area (Å²) in [6.07, 6.45) is 0.515. The zero-order valence-corrected chi connectivity index (χ0v) is 11.3. The molecule has 18 heavy (non-hydrogen) atoms. The van der Waals surface area contributed by atoms with Gasteiger partial charge in [-0.3, -0.25) is 4.79 Å². The van der Waals surface area contributed by atoms with Gasteiger partial charge in [-0.05, 0) is 38.6 Å². The standard InChI is InChI=1S/C14H22N2O2/c1-4-18-14(17)13(15)9-11-5-7-12(8-6-11)10-16(2)3/h5-8,13H,4,9-10,15H2,1-3H3. The Kier molecular flexibility index (Phi) is 5.82. The molecule has 0 radical (unpaired) electrons. The van der Waals surface area contributed by atoms with Gasteiger partial charge in [0.1, 0.15) is 6.04 Å². The Morgan fingerprint density at radius 3 is 2.33 bits per heavy atom. The van der Waals surface area contributed by atoms with Gasteiger partial charge in [0.2, 0.25) is 0 Å². The van der Waals surface area contributed by atoms with Crippen LogP contribution >= 0.6 is 0 Å². The lowest BCUT2D eigenvalue weighted by atomic mass is 10.0. The first-order valence-corrected chi connectivity index (χ1v) is 6.17. The molecule has 0 aliphatic heterocycles. The number of rotatable bonds is 6. The Morgan fingerprint density at radius 2 is 1.83 bits per heavy atom. The lowest BCUT2D eigenvalue weighted by Crippen LogP contribution is -2.34. The Morgan fingerprint density at radius 1 is 1.28 bits per heavy atom. The summed E-state index contributed by atoms with van der Waals surface area (Å²) in [5.74, 6) is -0.338. The molecule has 0 saturated carbocycles. The van der Waals surface area contributed by atoms with E-state index in [-0.39, 0.29) is 5.97 Å². The molecule has 0 amide bonds. The molecule has 0 saturated heterocycles. The first kappa shape index (κ1) is 14.7. The van der Waals surface area contributed by atoms with Gasteiger partial charge in [-0.15, -0.1) is 0 Å². The summed E-state index contributed by atoms with van der Waals surface area (Å²) in [5, 5.41) is 0. The Bertz CT molecular complexity index is 374. The van der Waals surface area contributed by atoms with Gasteiger partial charge in [0.15, 0.2) is 0 Å². The van der Waals surface area contributed by atoms with E-state index in [2.05, 4.69) is 17.0 Å². The summed E-state index contributed by atoms with van der Waals surface area (Å²) >= 11 is 0. The molecule has 0 fully saturated rings. The highest BCUT2D eigenvalue weighted by atomic mass is 16.5. The largest absolute Gasteiger partial charge is 0.465 e. The predicted octanol–water partition coefficient (Wildman–Crippen LogP) is 1.18. The van der Waals surface area contributed by atoms with E-state index in [1.165, 1.54) is 5.56 Å². The molecule has 1 rings (SSSR count). The smallest absolute Gasteiger partial charge is 0.323 e. The average molecular weight is 250 g/mol. The van der Waals surface area contributed by atoms with Crippen molar-refractivity contribution in [3.05, 3.63) is 35.4 Å². The van der Waals surface area contributed by atoms with Gasteiger partial charge in [-0.2, -0.15) is 0 Å². The van der Waals surface area contributed by atoms with Crippen LogP contribution in [-0.4, -0.2) is 37.6 Å². The van der Waals surface area contributed by atoms with E-state index in [4.69, 9.17) is 10.5 Å². The van der Waals surface area contributed by atoms with Crippen LogP contribution in [0.4, 0.5) is 0 Å². The minimum Gasteiger partial charge on any atom is -0.465 e. The molecule has 0 spiro atoms. The first-order valence-electron chi connectivity index (χ1n) is 6.17.